The van der Waals surface area contributed by atoms with E-state index in [0.29, 0.717) is 35.7 Å². The molecule has 0 saturated heterocycles. The number of carbonyl (C=O) groups is 2. The van der Waals surface area contributed by atoms with Gasteiger partial charge >= 0.3 is 6.09 Å². The molecule has 0 fully saturated rings. The number of hydrogen-bond acceptors (Lipinski definition) is 3. The molecule has 5 heteroatoms. The van der Waals surface area contributed by atoms with Gasteiger partial charge < -0.3 is 4.74 Å². The number of hydrogen-bond donors (Lipinski definition) is 0. The van der Waals surface area contributed by atoms with E-state index >= 15 is 0 Å². The van der Waals surface area contributed by atoms with Crippen LogP contribution in [-0.2, 0) is 4.74 Å². The quantitative estimate of drug-likeness (QED) is 0.725. The van der Waals surface area contributed by atoms with Gasteiger partial charge in [0.15, 0.2) is 5.78 Å². The number of anilines is 1. The summed E-state index contributed by atoms with van der Waals surface area (Å²) < 4.78 is 5.40. The lowest BCUT2D eigenvalue weighted by atomic mass is 10.1. The van der Waals surface area contributed by atoms with E-state index in [0.717, 1.165) is 0 Å². The molecule has 1 amide bonds. The number of ether oxygens (including phenoxy) is 1. The SMILES string of the molecule is CC(C)(C)OC(=O)N1CCCC(=O)c2ccc(Cl)cc21. The number of carbonyl (C=O) groups excluding carboxylic acids is 2. The number of ketones is 1. The second-order valence-corrected chi connectivity index (χ2v) is 6.26. The summed E-state index contributed by atoms with van der Waals surface area (Å²) in [6, 6.07) is 4.98. The highest BCUT2D eigenvalue weighted by molar-refractivity contribution is 6.31. The summed E-state index contributed by atoms with van der Waals surface area (Å²) in [5, 5.41) is 0.493. The van der Waals surface area contributed by atoms with Gasteiger partial charge in [-0.2, -0.15) is 0 Å². The van der Waals surface area contributed by atoms with Crippen molar-refractivity contribution in [2.75, 3.05) is 11.4 Å². The second kappa shape index (κ2) is 5.44. The minimum absolute atomic E-state index is 0.0303. The van der Waals surface area contributed by atoms with E-state index < -0.39 is 11.7 Å². The maximum absolute atomic E-state index is 12.3. The Morgan fingerprint density at radius 1 is 1.35 bits per heavy atom. The molecule has 20 heavy (non-hydrogen) atoms. The van der Waals surface area contributed by atoms with E-state index in [1.807, 2.05) is 20.8 Å². The Morgan fingerprint density at radius 2 is 2.05 bits per heavy atom. The molecule has 0 N–H and O–H groups in total. The molecule has 0 unspecified atom stereocenters. The number of halogens is 1. The van der Waals surface area contributed by atoms with Gasteiger partial charge in [0.1, 0.15) is 5.60 Å². The van der Waals surface area contributed by atoms with Gasteiger partial charge in [-0.25, -0.2) is 4.79 Å². The fourth-order valence-corrected chi connectivity index (χ4v) is 2.29. The van der Waals surface area contributed by atoms with Crippen molar-refractivity contribution in [1.82, 2.24) is 0 Å². The number of fused-ring (bicyclic) bond motifs is 1. The molecule has 1 aliphatic heterocycles. The number of rotatable bonds is 0. The molecule has 1 aliphatic rings. The van der Waals surface area contributed by atoms with Crippen LogP contribution in [0.2, 0.25) is 5.02 Å². The lowest BCUT2D eigenvalue weighted by Gasteiger charge is -2.27. The van der Waals surface area contributed by atoms with Crippen LogP contribution in [0.1, 0.15) is 44.0 Å². The summed E-state index contributed by atoms with van der Waals surface area (Å²) in [6.45, 7) is 5.89. The van der Waals surface area contributed by atoms with Crippen LogP contribution < -0.4 is 4.90 Å². The van der Waals surface area contributed by atoms with Crippen molar-refractivity contribution < 1.29 is 14.3 Å². The van der Waals surface area contributed by atoms with Crippen LogP contribution in [0.15, 0.2) is 18.2 Å². The van der Waals surface area contributed by atoms with E-state index in [1.54, 1.807) is 18.2 Å². The lowest BCUT2D eigenvalue weighted by Crippen LogP contribution is -2.37. The molecule has 0 aliphatic carbocycles. The fraction of sp³-hybridized carbons (Fsp3) is 0.467. The van der Waals surface area contributed by atoms with E-state index in [2.05, 4.69) is 0 Å². The highest BCUT2D eigenvalue weighted by atomic mass is 35.5. The zero-order chi connectivity index (χ0) is 14.9. The molecule has 0 saturated carbocycles. The van der Waals surface area contributed by atoms with Crippen LogP contribution in [0.3, 0.4) is 0 Å². The van der Waals surface area contributed by atoms with E-state index in [4.69, 9.17) is 16.3 Å². The molecule has 0 atom stereocenters. The first kappa shape index (κ1) is 14.9. The summed E-state index contributed by atoms with van der Waals surface area (Å²) in [4.78, 5) is 25.8. The van der Waals surface area contributed by atoms with Crippen LogP contribution in [0.25, 0.3) is 0 Å². The molecule has 108 valence electrons. The molecule has 2 rings (SSSR count). The molecule has 4 nitrogen and oxygen atoms in total. The minimum atomic E-state index is -0.577. The first-order valence-electron chi connectivity index (χ1n) is 6.61. The van der Waals surface area contributed by atoms with Crippen LogP contribution >= 0.6 is 11.6 Å². The predicted molar refractivity (Wildman–Crippen MR) is 78.6 cm³/mol. The first-order chi connectivity index (χ1) is 9.28. The summed E-state index contributed by atoms with van der Waals surface area (Å²) >= 11 is 5.99. The maximum atomic E-state index is 12.3. The molecule has 0 aromatic heterocycles. The van der Waals surface area contributed by atoms with Crippen LogP contribution in [-0.4, -0.2) is 24.0 Å². The lowest BCUT2D eigenvalue weighted by molar-refractivity contribution is 0.0580. The van der Waals surface area contributed by atoms with E-state index in [9.17, 15) is 9.59 Å². The Labute approximate surface area is 123 Å². The monoisotopic (exact) mass is 295 g/mol. The van der Waals surface area contributed by atoms with Gasteiger partial charge in [0, 0.05) is 23.6 Å². The van der Waals surface area contributed by atoms with Gasteiger partial charge in [0.05, 0.1) is 5.69 Å². The van der Waals surface area contributed by atoms with Crippen molar-refractivity contribution in [3.05, 3.63) is 28.8 Å². The Morgan fingerprint density at radius 3 is 2.70 bits per heavy atom. The second-order valence-electron chi connectivity index (χ2n) is 5.82. The molecule has 1 aromatic carbocycles. The normalized spacial score (nSPS) is 15.6. The average molecular weight is 296 g/mol. The van der Waals surface area contributed by atoms with Crippen LogP contribution in [0, 0.1) is 0 Å². The molecular formula is C15H18ClNO3. The topological polar surface area (TPSA) is 46.6 Å². The number of amides is 1. The molecule has 0 radical (unpaired) electrons. The van der Waals surface area contributed by atoms with Crippen molar-refractivity contribution >= 4 is 29.2 Å². The molecule has 0 bridgehead atoms. The summed E-state index contributed by atoms with van der Waals surface area (Å²) in [5.41, 5.74) is 0.485. The Kier molecular flexibility index (Phi) is 4.04. The number of nitrogens with zero attached hydrogens (tertiary/aromatic N) is 1. The predicted octanol–water partition coefficient (Wildman–Crippen LogP) is 4.06. The van der Waals surface area contributed by atoms with Crippen molar-refractivity contribution in [2.24, 2.45) is 0 Å². The number of Topliss-reactive ketones (excluding diaryl/α,β-unsaturated/α-hetero) is 1. The average Bonchev–Trinajstić information content (AvgIpc) is 2.46. The van der Waals surface area contributed by atoms with Gasteiger partial charge in [0.25, 0.3) is 0 Å². The van der Waals surface area contributed by atoms with Crippen molar-refractivity contribution in [1.29, 1.82) is 0 Å². The van der Waals surface area contributed by atoms with Gasteiger partial charge in [0.2, 0.25) is 0 Å². The third-order valence-corrected chi connectivity index (χ3v) is 3.19. The standard InChI is InChI=1S/C15H18ClNO3/c1-15(2,3)20-14(19)17-8-4-5-13(18)11-7-6-10(16)9-12(11)17/h6-7,9H,4-5,8H2,1-3H3. The molecule has 1 heterocycles. The Balaban J connectivity index is 2.40. The molecule has 1 aromatic rings. The van der Waals surface area contributed by atoms with Crippen LogP contribution in [0.5, 0.6) is 0 Å². The zero-order valence-corrected chi connectivity index (χ0v) is 12.7. The fourth-order valence-electron chi connectivity index (χ4n) is 2.12. The van der Waals surface area contributed by atoms with Crippen LogP contribution in [0.4, 0.5) is 10.5 Å². The highest BCUT2D eigenvalue weighted by Crippen LogP contribution is 2.30. The van der Waals surface area contributed by atoms with Crippen molar-refractivity contribution in [2.45, 2.75) is 39.2 Å². The highest BCUT2D eigenvalue weighted by Gasteiger charge is 2.28. The molecular weight excluding hydrogens is 278 g/mol. The smallest absolute Gasteiger partial charge is 0.414 e. The van der Waals surface area contributed by atoms with Gasteiger partial charge in [-0.05, 0) is 45.4 Å². The zero-order valence-electron chi connectivity index (χ0n) is 11.9. The third kappa shape index (κ3) is 3.31. The van der Waals surface area contributed by atoms with Gasteiger partial charge in [-0.1, -0.05) is 11.6 Å². The van der Waals surface area contributed by atoms with Crippen molar-refractivity contribution in [3.8, 4) is 0 Å². The molecule has 0 spiro atoms. The summed E-state index contributed by atoms with van der Waals surface area (Å²) in [7, 11) is 0. The maximum Gasteiger partial charge on any atom is 0.414 e. The summed E-state index contributed by atoms with van der Waals surface area (Å²) in [6.07, 6.45) is 0.592. The van der Waals surface area contributed by atoms with E-state index in [1.165, 1.54) is 4.90 Å². The number of benzene rings is 1. The Bertz CT molecular complexity index is 549. The third-order valence-electron chi connectivity index (χ3n) is 2.95. The largest absolute Gasteiger partial charge is 0.443 e. The van der Waals surface area contributed by atoms with E-state index in [-0.39, 0.29) is 5.78 Å². The van der Waals surface area contributed by atoms with Gasteiger partial charge in [-0.3, -0.25) is 9.69 Å². The van der Waals surface area contributed by atoms with Crippen molar-refractivity contribution in [3.63, 3.8) is 0 Å². The van der Waals surface area contributed by atoms with Gasteiger partial charge in [-0.15, -0.1) is 0 Å². The summed E-state index contributed by atoms with van der Waals surface area (Å²) in [5.74, 6) is 0.0303. The Hall–Kier alpha value is -1.55. The minimum Gasteiger partial charge on any atom is -0.443 e. The first-order valence-corrected chi connectivity index (χ1v) is 6.99.